The van der Waals surface area contributed by atoms with E-state index in [2.05, 4.69) is 25.9 Å². The van der Waals surface area contributed by atoms with Crippen molar-refractivity contribution >= 4 is 53.0 Å². The summed E-state index contributed by atoms with van der Waals surface area (Å²) < 4.78 is 0. The molecule has 5 N–H and O–H groups in total. The molecule has 2 aromatic rings. The number of thioether (sulfide) groups is 2. The van der Waals surface area contributed by atoms with Gasteiger partial charge >= 0.3 is 103 Å². The zero-order chi connectivity index (χ0) is 25.3. The van der Waals surface area contributed by atoms with Crippen molar-refractivity contribution in [1.29, 1.82) is 0 Å². The molecule has 4 atom stereocenters. The number of nitrogens with two attached hydrogens (primary N) is 1. The number of carboxylic acid groups (broad SMARTS) is 2. The number of anilines is 1. The monoisotopic (exact) mass is 597 g/mol. The molecule has 2 amide bonds. The predicted octanol–water partition coefficient (Wildman–Crippen LogP) is -9.47. The molecule has 184 valence electrons. The minimum Gasteiger partial charge on any atom is -0.550 e. The molecule has 1 aromatic carbocycles. The Hall–Kier alpha value is -0.357. The van der Waals surface area contributed by atoms with E-state index < -0.39 is 58.6 Å². The van der Waals surface area contributed by atoms with Crippen molar-refractivity contribution in [2.45, 2.75) is 34.3 Å². The first-order valence-electron chi connectivity index (χ1n) is 10.00. The number of nitrogens with zero attached hydrogens (tertiary/aromatic N) is 4. The van der Waals surface area contributed by atoms with E-state index >= 15 is 0 Å². The van der Waals surface area contributed by atoms with Crippen LogP contribution >= 0.6 is 23.5 Å². The molecule has 0 radical (unpaired) electrons. The number of benzene rings is 1. The van der Waals surface area contributed by atoms with Crippen molar-refractivity contribution in [3.63, 3.8) is 0 Å². The molecule has 0 spiro atoms. The molecule has 1 aromatic heterocycles. The van der Waals surface area contributed by atoms with Gasteiger partial charge in [-0.15, -0.1) is 22.0 Å². The second kappa shape index (κ2) is 14.3. The van der Waals surface area contributed by atoms with E-state index in [0.29, 0.717) is 5.69 Å². The summed E-state index contributed by atoms with van der Waals surface area (Å²) in [6, 6.07) is 4.84. The number of β-lactam (4-membered cyclic amide) rings is 1. The first-order chi connectivity index (χ1) is 16.7. The number of nitrogen functional groups attached to an aromatic ring is 1. The Balaban J connectivity index is 0.00000241. The molecular formula is C19H17K2N7O7S2. The summed E-state index contributed by atoms with van der Waals surface area (Å²) in [4.78, 5) is 49.7. The van der Waals surface area contributed by atoms with Crippen molar-refractivity contribution in [1.82, 2.24) is 30.8 Å². The molecule has 0 aliphatic carbocycles. The summed E-state index contributed by atoms with van der Waals surface area (Å²) in [5, 5.41) is 47.4. The van der Waals surface area contributed by atoms with Crippen LogP contribution in [-0.2, 0) is 19.2 Å². The second-order valence-electron chi connectivity index (χ2n) is 7.50. The molecule has 1 saturated heterocycles. The summed E-state index contributed by atoms with van der Waals surface area (Å²) >= 11 is 1.97. The van der Waals surface area contributed by atoms with Gasteiger partial charge in [0.05, 0.1) is 11.7 Å². The number of aromatic amines is 1. The molecule has 3 heterocycles. The number of hydrogen-bond acceptors (Lipinski definition) is 13. The fourth-order valence-corrected chi connectivity index (χ4v) is 6.18. The minimum atomic E-state index is -1.68. The summed E-state index contributed by atoms with van der Waals surface area (Å²) in [5.74, 6) is -4.69. The maximum atomic E-state index is 12.9. The van der Waals surface area contributed by atoms with Gasteiger partial charge in [0.1, 0.15) is 11.4 Å². The first kappa shape index (κ1) is 32.9. The maximum absolute atomic E-state index is 12.9. The Bertz CT molecular complexity index is 1200. The zero-order valence-electron chi connectivity index (χ0n) is 19.6. The topological polar surface area (TPSA) is 230 Å². The number of tetrazole rings is 1. The molecule has 37 heavy (non-hydrogen) atoms. The third-order valence-electron chi connectivity index (χ3n) is 5.30. The van der Waals surface area contributed by atoms with Crippen molar-refractivity contribution in [3.05, 3.63) is 41.1 Å². The summed E-state index contributed by atoms with van der Waals surface area (Å²) in [6.45, 7) is 0. The van der Waals surface area contributed by atoms with Gasteiger partial charge in [0.15, 0.2) is 6.10 Å². The van der Waals surface area contributed by atoms with Crippen LogP contribution < -0.4 is 124 Å². The average molecular weight is 598 g/mol. The number of carbonyl (C=O) groups excluding carboxylic acids is 4. The van der Waals surface area contributed by atoms with Crippen LogP contribution in [0.25, 0.3) is 0 Å². The number of aliphatic hydroxyl groups is 1. The van der Waals surface area contributed by atoms with Crippen molar-refractivity contribution in [2.24, 2.45) is 0 Å². The van der Waals surface area contributed by atoms with Crippen LogP contribution in [-0.4, -0.2) is 76.8 Å². The van der Waals surface area contributed by atoms with Crippen LogP contribution in [0.5, 0.6) is 0 Å². The second-order valence-corrected chi connectivity index (χ2v) is 9.78. The first-order valence-corrected chi connectivity index (χ1v) is 11.9. The molecule has 4 rings (SSSR count). The van der Waals surface area contributed by atoms with Gasteiger partial charge in [-0.1, -0.05) is 23.9 Å². The Kier molecular flexibility index (Phi) is 12.7. The fourth-order valence-electron chi connectivity index (χ4n) is 3.66. The number of carboxylic acids is 2. The number of nitrogens with one attached hydrogen (secondary N) is 2. The normalized spacial score (nSPS) is 19.9. The van der Waals surface area contributed by atoms with Crippen LogP contribution in [0.3, 0.4) is 0 Å². The molecule has 2 aliphatic rings. The van der Waals surface area contributed by atoms with E-state index in [1.807, 2.05) is 0 Å². The Morgan fingerprint density at radius 1 is 1.27 bits per heavy atom. The van der Waals surface area contributed by atoms with Gasteiger partial charge < -0.3 is 36.0 Å². The SMILES string of the molecule is Nc1ccc(C(O)C(=O)NC2C(=O)N3C(C(=O)[O-])=C(C(CC(=O)[O-])Sc4nn[nH]n4)CS[C@@H]23)cc1.[K+].[K+]. The number of aliphatic carboxylic acids is 2. The van der Waals surface area contributed by atoms with Gasteiger partial charge in [0.2, 0.25) is 5.16 Å². The van der Waals surface area contributed by atoms with Crippen LogP contribution in [0, 0.1) is 0 Å². The maximum Gasteiger partial charge on any atom is 1.00 e. The number of aliphatic hydroxyl groups excluding tert-OH is 1. The van der Waals surface area contributed by atoms with Crippen LogP contribution in [0.1, 0.15) is 18.1 Å². The molecule has 0 bridgehead atoms. The number of amides is 2. The van der Waals surface area contributed by atoms with E-state index in [1.54, 1.807) is 0 Å². The molecule has 2 aliphatic heterocycles. The summed E-state index contributed by atoms with van der Waals surface area (Å²) in [6.07, 6.45) is -2.15. The van der Waals surface area contributed by atoms with Gasteiger partial charge in [-0.2, -0.15) is 5.21 Å². The molecular weight excluding hydrogens is 581 g/mol. The van der Waals surface area contributed by atoms with E-state index in [-0.39, 0.29) is 125 Å². The number of aromatic nitrogens is 4. The van der Waals surface area contributed by atoms with E-state index in [0.717, 1.165) is 28.4 Å². The van der Waals surface area contributed by atoms with Crippen LogP contribution in [0.2, 0.25) is 0 Å². The number of H-pyrrole nitrogens is 1. The zero-order valence-corrected chi connectivity index (χ0v) is 27.5. The Morgan fingerprint density at radius 2 is 1.95 bits per heavy atom. The van der Waals surface area contributed by atoms with E-state index in [1.165, 1.54) is 24.3 Å². The molecule has 0 saturated carbocycles. The Morgan fingerprint density at radius 3 is 2.51 bits per heavy atom. The van der Waals surface area contributed by atoms with Crippen molar-refractivity contribution < 1.29 is 137 Å². The summed E-state index contributed by atoms with van der Waals surface area (Å²) in [7, 11) is 0. The molecule has 1 fully saturated rings. The van der Waals surface area contributed by atoms with Crippen LogP contribution in [0.15, 0.2) is 40.7 Å². The van der Waals surface area contributed by atoms with Crippen molar-refractivity contribution in [2.75, 3.05) is 11.5 Å². The van der Waals surface area contributed by atoms with Gasteiger partial charge in [0.25, 0.3) is 11.8 Å². The molecule has 14 nitrogen and oxygen atoms in total. The van der Waals surface area contributed by atoms with Gasteiger partial charge in [-0.3, -0.25) is 14.5 Å². The number of carbonyl (C=O) groups is 4. The standard InChI is InChI=1S/C19H19N7O7S2.2K/c20-8-3-1-7(2-4-8)14(29)15(30)21-12-16(31)26-13(18(32)33)9(6-34-17(12)26)10(5-11(27)28)35-19-22-24-25-23-19;;/h1-4,10,12,14,17,29H,5-6,20H2,(H,21,30)(H,27,28)(H,32,33)(H,22,23,24,25);;/q;2*+1/p-2/t10?,12?,14?,17-;;/m0../s1. The van der Waals surface area contributed by atoms with Crippen LogP contribution in [0.4, 0.5) is 5.69 Å². The number of rotatable bonds is 9. The van der Waals surface area contributed by atoms with E-state index in [4.69, 9.17) is 5.73 Å². The average Bonchev–Trinajstić information content (AvgIpc) is 3.33. The predicted molar refractivity (Wildman–Crippen MR) is 116 cm³/mol. The third-order valence-corrected chi connectivity index (χ3v) is 7.73. The summed E-state index contributed by atoms with van der Waals surface area (Å²) in [5.41, 5.74) is 5.94. The Labute approximate surface area is 303 Å². The largest absolute Gasteiger partial charge is 1.00 e. The minimum absolute atomic E-state index is 0. The number of hydrogen-bond donors (Lipinski definition) is 4. The molecule has 3 unspecified atom stereocenters. The van der Waals surface area contributed by atoms with Gasteiger partial charge in [-0.05, 0) is 28.5 Å². The fraction of sp³-hybridized carbons (Fsp3) is 0.316. The number of fused-ring (bicyclic) bond motifs is 1. The van der Waals surface area contributed by atoms with Gasteiger partial charge in [0, 0.05) is 29.1 Å². The smallest absolute Gasteiger partial charge is 0.550 e. The van der Waals surface area contributed by atoms with Gasteiger partial charge in [-0.25, -0.2) is 0 Å². The quantitative estimate of drug-likeness (QED) is 0.0911. The van der Waals surface area contributed by atoms with Crippen molar-refractivity contribution in [3.8, 4) is 0 Å². The molecule has 18 heteroatoms. The third kappa shape index (κ3) is 7.44. The van der Waals surface area contributed by atoms with E-state index in [9.17, 15) is 34.5 Å².